The van der Waals surface area contributed by atoms with E-state index in [1.807, 2.05) is 37.3 Å². The van der Waals surface area contributed by atoms with Crippen molar-refractivity contribution >= 4 is 11.9 Å². The first-order valence-corrected chi connectivity index (χ1v) is 11.5. The summed E-state index contributed by atoms with van der Waals surface area (Å²) in [5.41, 5.74) is 3.63. The number of hydrogen-bond acceptors (Lipinski definition) is 6. The van der Waals surface area contributed by atoms with Crippen LogP contribution in [0.3, 0.4) is 0 Å². The SMILES string of the molecule is COC(=O)C1=C(C)NC(C)=C(C(=O)OCC2CCCCC2)C1c1cnc(-c2ccccc2)[nH]1. The number of H-pyrrole nitrogens is 1. The molecule has 33 heavy (non-hydrogen) atoms. The van der Waals surface area contributed by atoms with Crippen molar-refractivity contribution in [2.24, 2.45) is 5.92 Å². The number of imidazole rings is 1. The summed E-state index contributed by atoms with van der Waals surface area (Å²) < 4.78 is 10.9. The first-order valence-electron chi connectivity index (χ1n) is 11.5. The van der Waals surface area contributed by atoms with Gasteiger partial charge in [-0.25, -0.2) is 14.6 Å². The molecule has 1 aromatic heterocycles. The zero-order valence-corrected chi connectivity index (χ0v) is 19.4. The molecule has 7 nitrogen and oxygen atoms in total. The summed E-state index contributed by atoms with van der Waals surface area (Å²) in [6.07, 6.45) is 7.45. The van der Waals surface area contributed by atoms with Gasteiger partial charge >= 0.3 is 11.9 Å². The van der Waals surface area contributed by atoms with E-state index in [4.69, 9.17) is 9.47 Å². The molecule has 0 saturated heterocycles. The summed E-state index contributed by atoms with van der Waals surface area (Å²) in [5.74, 6) is -0.514. The van der Waals surface area contributed by atoms with E-state index in [0.29, 0.717) is 46.6 Å². The molecular formula is C26H31N3O4. The van der Waals surface area contributed by atoms with Crippen molar-refractivity contribution in [2.45, 2.75) is 51.9 Å². The molecule has 1 atom stereocenters. The highest BCUT2D eigenvalue weighted by Gasteiger charge is 2.39. The number of carbonyl (C=O) groups is 2. The standard InChI is InChI=1S/C26H31N3O4/c1-16-21(25(30)32-3)23(20-14-27-24(29-20)19-12-8-5-9-13-19)22(17(2)28-16)26(31)33-15-18-10-6-4-7-11-18/h5,8-9,12-14,18,23,28H,4,6-7,10-11,15H2,1-3H3,(H,27,29). The number of methoxy groups -OCH3 is 1. The zero-order chi connectivity index (χ0) is 23.4. The van der Waals surface area contributed by atoms with E-state index in [2.05, 4.69) is 15.3 Å². The van der Waals surface area contributed by atoms with Gasteiger partial charge in [0.05, 0.1) is 30.8 Å². The molecule has 1 fully saturated rings. The van der Waals surface area contributed by atoms with Crippen molar-refractivity contribution in [1.29, 1.82) is 0 Å². The van der Waals surface area contributed by atoms with Gasteiger partial charge in [-0.15, -0.1) is 0 Å². The van der Waals surface area contributed by atoms with Gasteiger partial charge in [0, 0.05) is 28.8 Å². The number of ether oxygens (including phenoxy) is 2. The third kappa shape index (κ3) is 4.87. The summed E-state index contributed by atoms with van der Waals surface area (Å²) in [6, 6.07) is 9.71. The quantitative estimate of drug-likeness (QED) is 0.626. The van der Waals surface area contributed by atoms with Gasteiger partial charge in [-0.2, -0.15) is 0 Å². The zero-order valence-electron chi connectivity index (χ0n) is 19.4. The molecule has 0 bridgehead atoms. The largest absolute Gasteiger partial charge is 0.466 e. The molecule has 4 rings (SSSR count). The average molecular weight is 450 g/mol. The van der Waals surface area contributed by atoms with Crippen LogP contribution in [-0.2, 0) is 19.1 Å². The van der Waals surface area contributed by atoms with Crippen molar-refractivity contribution in [3.8, 4) is 11.4 Å². The average Bonchev–Trinajstić information content (AvgIpc) is 3.33. The second kappa shape index (κ2) is 10.1. The van der Waals surface area contributed by atoms with Crippen LogP contribution in [0.2, 0.25) is 0 Å². The summed E-state index contributed by atoms with van der Waals surface area (Å²) in [6.45, 7) is 4.04. The Bertz CT molecular complexity index is 1080. The molecule has 1 unspecified atom stereocenters. The predicted octanol–water partition coefficient (Wildman–Crippen LogP) is 4.61. The van der Waals surface area contributed by atoms with Gasteiger partial charge in [0.1, 0.15) is 5.82 Å². The summed E-state index contributed by atoms with van der Waals surface area (Å²) in [4.78, 5) is 34.0. The van der Waals surface area contributed by atoms with E-state index in [-0.39, 0.29) is 0 Å². The van der Waals surface area contributed by atoms with Crippen molar-refractivity contribution in [3.05, 3.63) is 64.8 Å². The van der Waals surface area contributed by atoms with Crippen molar-refractivity contribution in [1.82, 2.24) is 15.3 Å². The Morgan fingerprint density at radius 3 is 2.33 bits per heavy atom. The van der Waals surface area contributed by atoms with Gasteiger partial charge in [-0.3, -0.25) is 0 Å². The highest BCUT2D eigenvalue weighted by molar-refractivity contribution is 5.99. The number of esters is 2. The van der Waals surface area contributed by atoms with Crippen LogP contribution in [0.5, 0.6) is 0 Å². The topological polar surface area (TPSA) is 93.3 Å². The highest BCUT2D eigenvalue weighted by atomic mass is 16.5. The van der Waals surface area contributed by atoms with Crippen LogP contribution in [-0.4, -0.2) is 35.6 Å². The van der Waals surface area contributed by atoms with E-state index in [1.165, 1.54) is 26.4 Å². The summed E-state index contributed by atoms with van der Waals surface area (Å²) in [5, 5.41) is 3.17. The number of benzene rings is 1. The fourth-order valence-corrected chi connectivity index (χ4v) is 4.81. The highest BCUT2D eigenvalue weighted by Crippen LogP contribution is 2.39. The van der Waals surface area contributed by atoms with Gasteiger partial charge in [0.25, 0.3) is 0 Å². The molecule has 2 aliphatic rings. The predicted molar refractivity (Wildman–Crippen MR) is 125 cm³/mol. The maximum Gasteiger partial charge on any atom is 0.336 e. The minimum atomic E-state index is -0.664. The Balaban J connectivity index is 1.68. The molecule has 2 heterocycles. The summed E-state index contributed by atoms with van der Waals surface area (Å²) >= 11 is 0. The number of allylic oxidation sites excluding steroid dienone is 2. The maximum atomic E-state index is 13.3. The van der Waals surface area contributed by atoms with E-state index in [0.717, 1.165) is 18.4 Å². The fraction of sp³-hybridized carbons (Fsp3) is 0.423. The van der Waals surface area contributed by atoms with Crippen LogP contribution in [0.25, 0.3) is 11.4 Å². The summed E-state index contributed by atoms with van der Waals surface area (Å²) in [7, 11) is 1.34. The van der Waals surface area contributed by atoms with Crippen LogP contribution >= 0.6 is 0 Å². The normalized spacial score (nSPS) is 19.3. The monoisotopic (exact) mass is 449 g/mol. The number of hydrogen-bond donors (Lipinski definition) is 2. The lowest BCUT2D eigenvalue weighted by molar-refractivity contribution is -0.141. The Labute approximate surface area is 194 Å². The van der Waals surface area contributed by atoms with Crippen LogP contribution in [0.1, 0.15) is 57.6 Å². The van der Waals surface area contributed by atoms with Crippen molar-refractivity contribution in [2.75, 3.05) is 13.7 Å². The number of dihydropyridines is 1. The molecule has 0 amide bonds. The van der Waals surface area contributed by atoms with Crippen LogP contribution in [0.4, 0.5) is 0 Å². The lowest BCUT2D eigenvalue weighted by atomic mass is 9.83. The molecule has 2 aromatic rings. The third-order valence-electron chi connectivity index (χ3n) is 6.51. The van der Waals surface area contributed by atoms with Crippen LogP contribution in [0.15, 0.2) is 59.1 Å². The second-order valence-electron chi connectivity index (χ2n) is 8.78. The molecule has 174 valence electrons. The number of nitrogens with one attached hydrogen (secondary N) is 2. The number of nitrogens with zero attached hydrogens (tertiary/aromatic N) is 1. The molecule has 0 spiro atoms. The fourth-order valence-electron chi connectivity index (χ4n) is 4.81. The van der Waals surface area contributed by atoms with E-state index in [1.54, 1.807) is 13.1 Å². The lowest BCUT2D eigenvalue weighted by Crippen LogP contribution is -2.33. The van der Waals surface area contributed by atoms with Crippen molar-refractivity contribution < 1.29 is 19.1 Å². The lowest BCUT2D eigenvalue weighted by Gasteiger charge is -2.30. The smallest absolute Gasteiger partial charge is 0.336 e. The Hall–Kier alpha value is -3.35. The number of aromatic amines is 1. The first-order chi connectivity index (χ1) is 16.0. The Kier molecular flexibility index (Phi) is 6.96. The molecule has 0 radical (unpaired) electrons. The Morgan fingerprint density at radius 2 is 1.67 bits per heavy atom. The number of rotatable bonds is 6. The van der Waals surface area contributed by atoms with Crippen molar-refractivity contribution in [3.63, 3.8) is 0 Å². The van der Waals surface area contributed by atoms with Gasteiger partial charge in [0.15, 0.2) is 0 Å². The molecule has 2 N–H and O–H groups in total. The number of carbonyl (C=O) groups excluding carboxylic acids is 2. The van der Waals surface area contributed by atoms with Crippen LogP contribution in [0, 0.1) is 5.92 Å². The van der Waals surface area contributed by atoms with E-state index in [9.17, 15) is 9.59 Å². The molecule has 1 aliphatic heterocycles. The van der Waals surface area contributed by atoms with Gasteiger partial charge in [-0.05, 0) is 32.6 Å². The van der Waals surface area contributed by atoms with Gasteiger partial charge in [0.2, 0.25) is 0 Å². The molecular weight excluding hydrogens is 418 g/mol. The van der Waals surface area contributed by atoms with Gasteiger partial charge < -0.3 is 19.8 Å². The minimum Gasteiger partial charge on any atom is -0.466 e. The Morgan fingerprint density at radius 1 is 1.00 bits per heavy atom. The first kappa shape index (κ1) is 22.8. The maximum absolute atomic E-state index is 13.3. The van der Waals surface area contributed by atoms with Crippen LogP contribution < -0.4 is 5.32 Å². The number of aromatic nitrogens is 2. The molecule has 1 aliphatic carbocycles. The molecule has 7 heteroatoms. The minimum absolute atomic E-state index is 0.371. The third-order valence-corrected chi connectivity index (χ3v) is 6.51. The molecule has 1 saturated carbocycles. The van der Waals surface area contributed by atoms with E-state index >= 15 is 0 Å². The van der Waals surface area contributed by atoms with E-state index < -0.39 is 17.9 Å². The van der Waals surface area contributed by atoms with Gasteiger partial charge in [-0.1, -0.05) is 49.6 Å². The molecule has 1 aromatic carbocycles. The second-order valence-corrected chi connectivity index (χ2v) is 8.78.